The summed E-state index contributed by atoms with van der Waals surface area (Å²) in [5.74, 6) is -1.18. The number of thioether (sulfide) groups is 1. The first-order valence-corrected chi connectivity index (χ1v) is 16.0. The number of rotatable bonds is 8. The van der Waals surface area contributed by atoms with E-state index in [2.05, 4.69) is 6.08 Å². The van der Waals surface area contributed by atoms with Crippen LogP contribution in [0, 0.1) is 11.8 Å². The molecule has 2 aromatic carbocycles. The fourth-order valence-electron chi connectivity index (χ4n) is 7.13. The summed E-state index contributed by atoms with van der Waals surface area (Å²) < 4.78 is 3.96. The number of halogens is 1. The maximum atomic E-state index is 14.6. The average molecular weight is 622 g/mol. The van der Waals surface area contributed by atoms with Gasteiger partial charge in [-0.1, -0.05) is 35.9 Å². The molecule has 8 nitrogen and oxygen atoms in total. The first-order chi connectivity index (χ1) is 20.7. The molecule has 0 radical (unpaired) electrons. The van der Waals surface area contributed by atoms with E-state index in [1.165, 1.54) is 0 Å². The maximum absolute atomic E-state index is 14.6. The van der Waals surface area contributed by atoms with Crippen molar-refractivity contribution in [3.05, 3.63) is 77.9 Å². The lowest BCUT2D eigenvalue weighted by atomic mass is 9.74. The van der Waals surface area contributed by atoms with Gasteiger partial charge in [0.05, 0.1) is 23.2 Å². The van der Waals surface area contributed by atoms with Crippen LogP contribution in [-0.2, 0) is 14.4 Å². The molecule has 3 amide bonds. The zero-order chi connectivity index (χ0) is 30.4. The van der Waals surface area contributed by atoms with Crippen molar-refractivity contribution in [1.82, 2.24) is 4.90 Å². The van der Waals surface area contributed by atoms with Crippen LogP contribution < -0.4 is 14.5 Å². The first kappa shape index (κ1) is 29.8. The molecule has 1 spiro atoms. The molecular weight excluding hydrogens is 586 g/mol. The Kier molecular flexibility index (Phi) is 8.08. The van der Waals surface area contributed by atoms with Crippen LogP contribution in [0.25, 0.3) is 0 Å². The molecule has 226 valence electrons. The number of nitrogens with zero attached hydrogens (tertiary/aromatic N) is 3. The van der Waals surface area contributed by atoms with Gasteiger partial charge in [0.1, 0.15) is 11.8 Å². The number of unbranched alkanes of at least 4 members (excludes halogenated alkanes) is 1. The third-order valence-corrected chi connectivity index (χ3v) is 11.0. The molecule has 6 rings (SSSR count). The van der Waals surface area contributed by atoms with Gasteiger partial charge in [0.2, 0.25) is 11.8 Å². The minimum Gasteiger partial charge on any atom is -0.494 e. The van der Waals surface area contributed by atoms with Crippen LogP contribution in [0.2, 0.25) is 5.02 Å². The van der Waals surface area contributed by atoms with Crippen molar-refractivity contribution < 1.29 is 24.2 Å². The van der Waals surface area contributed by atoms with E-state index in [0.29, 0.717) is 49.8 Å². The summed E-state index contributed by atoms with van der Waals surface area (Å²) in [7, 11) is 0. The summed E-state index contributed by atoms with van der Waals surface area (Å²) in [4.78, 5) is 48.7. The number of hydrogen-bond donors (Lipinski definition) is 1. The summed E-state index contributed by atoms with van der Waals surface area (Å²) in [6, 6.07) is 13.8. The fraction of sp³-hybridized carbons (Fsp3) is 0.424. The number of ether oxygens (including phenoxy) is 1. The Morgan fingerprint density at radius 3 is 2.16 bits per heavy atom. The van der Waals surface area contributed by atoms with E-state index in [9.17, 15) is 19.5 Å². The Balaban J connectivity index is 1.42. The van der Waals surface area contributed by atoms with Crippen molar-refractivity contribution in [3.8, 4) is 5.75 Å². The molecule has 0 saturated carbocycles. The quantitative estimate of drug-likeness (QED) is 0.339. The third kappa shape index (κ3) is 4.95. The summed E-state index contributed by atoms with van der Waals surface area (Å²) in [5, 5.41) is 10.0. The number of aliphatic hydroxyl groups excluding tert-OH is 1. The molecule has 4 heterocycles. The highest BCUT2D eigenvalue weighted by molar-refractivity contribution is 8.02. The fourth-order valence-corrected chi connectivity index (χ4v) is 9.41. The lowest BCUT2D eigenvalue weighted by Gasteiger charge is -2.37. The normalized spacial score (nSPS) is 29.8. The predicted octanol–water partition coefficient (Wildman–Crippen LogP) is 4.70. The molecule has 2 fully saturated rings. The highest BCUT2D eigenvalue weighted by atomic mass is 35.5. The second-order valence-corrected chi connectivity index (χ2v) is 13.8. The van der Waals surface area contributed by atoms with Crippen molar-refractivity contribution in [1.29, 1.82) is 0 Å². The van der Waals surface area contributed by atoms with Crippen molar-refractivity contribution in [2.24, 2.45) is 11.8 Å². The number of carbonyl (C=O) groups excluding carboxylic acids is 3. The lowest BCUT2D eigenvalue weighted by Crippen LogP contribution is -2.53. The number of carbonyl (C=O) groups is 3. The van der Waals surface area contributed by atoms with E-state index in [0.717, 1.165) is 11.4 Å². The van der Waals surface area contributed by atoms with Crippen LogP contribution in [0.1, 0.15) is 26.7 Å². The Morgan fingerprint density at radius 2 is 1.51 bits per heavy atom. The SMILES string of the molecule is CCOc1ccc(N2CC=C[C@]3(C)S[C@]45C=CCN(c6ccc(Cl)cc6)C(=O)C4N(CCCCO)C(=O)[C@@H]5[C@@H]3C2=O)cc1. The second kappa shape index (κ2) is 11.7. The van der Waals surface area contributed by atoms with Crippen LogP contribution in [0.3, 0.4) is 0 Å². The molecule has 1 unspecified atom stereocenters. The standard InChI is InChI=1S/C33H36ClN3O5S/c1-3-42-25-14-12-24(13-15-25)35-19-6-16-32(2)26(29(35)39)27-30(40)37(18-4-5-21-38)28-31(41)36(20-7-17-33(27,28)43-32)23-10-8-22(34)9-11-23/h6-17,26-28,38H,3-5,18-21H2,1-2H3/t26-,27+,28?,32+,33+/m1/s1. The zero-order valence-corrected chi connectivity index (χ0v) is 25.9. The molecule has 0 aliphatic carbocycles. The molecule has 10 heteroatoms. The van der Waals surface area contributed by atoms with E-state index < -0.39 is 27.4 Å². The summed E-state index contributed by atoms with van der Waals surface area (Å²) >= 11 is 7.71. The number of amides is 3. The Bertz CT molecular complexity index is 1460. The van der Waals surface area contributed by atoms with Gasteiger partial charge in [0.15, 0.2) is 0 Å². The van der Waals surface area contributed by atoms with Gasteiger partial charge in [-0.15, -0.1) is 11.8 Å². The van der Waals surface area contributed by atoms with Crippen molar-refractivity contribution in [2.75, 3.05) is 42.6 Å². The Hall–Kier alpha value is -3.27. The summed E-state index contributed by atoms with van der Waals surface area (Å²) in [6.45, 7) is 5.54. The second-order valence-electron chi connectivity index (χ2n) is 11.6. The van der Waals surface area contributed by atoms with Gasteiger partial charge in [-0.3, -0.25) is 14.4 Å². The van der Waals surface area contributed by atoms with E-state index in [4.69, 9.17) is 16.3 Å². The largest absolute Gasteiger partial charge is 0.494 e. The van der Waals surface area contributed by atoms with Gasteiger partial charge in [-0.05, 0) is 75.2 Å². The molecule has 2 aromatic rings. The average Bonchev–Trinajstić information content (AvgIpc) is 3.25. The minimum absolute atomic E-state index is 0.00178. The molecule has 1 N–H and O–H groups in total. The number of benzene rings is 2. The van der Waals surface area contributed by atoms with E-state index in [1.54, 1.807) is 38.6 Å². The van der Waals surface area contributed by atoms with Gasteiger partial charge in [-0.25, -0.2) is 0 Å². The number of fused-ring (bicyclic) bond motifs is 2. The maximum Gasteiger partial charge on any atom is 0.251 e. The van der Waals surface area contributed by atoms with Gasteiger partial charge >= 0.3 is 0 Å². The van der Waals surface area contributed by atoms with E-state index in [-0.39, 0.29) is 24.3 Å². The van der Waals surface area contributed by atoms with Gasteiger partial charge in [-0.2, -0.15) is 0 Å². The smallest absolute Gasteiger partial charge is 0.251 e. The number of hydrogen-bond acceptors (Lipinski definition) is 6. The number of anilines is 2. The number of aliphatic hydroxyl groups is 1. The zero-order valence-electron chi connectivity index (χ0n) is 24.3. The molecule has 2 saturated heterocycles. The van der Waals surface area contributed by atoms with Crippen LogP contribution in [0.5, 0.6) is 5.75 Å². The van der Waals surface area contributed by atoms with Crippen molar-refractivity contribution in [2.45, 2.75) is 42.2 Å². The van der Waals surface area contributed by atoms with Crippen molar-refractivity contribution in [3.63, 3.8) is 0 Å². The molecule has 5 atom stereocenters. The summed E-state index contributed by atoms with van der Waals surface area (Å²) in [6.07, 6.45) is 9.11. The van der Waals surface area contributed by atoms with Crippen LogP contribution in [-0.4, -0.2) is 76.1 Å². The third-order valence-electron chi connectivity index (χ3n) is 8.96. The first-order valence-electron chi connectivity index (χ1n) is 14.8. The monoisotopic (exact) mass is 621 g/mol. The van der Waals surface area contributed by atoms with E-state index >= 15 is 0 Å². The molecule has 0 aromatic heterocycles. The molecule has 0 bridgehead atoms. The van der Waals surface area contributed by atoms with Crippen LogP contribution >= 0.6 is 23.4 Å². The van der Waals surface area contributed by atoms with Gasteiger partial charge in [0.25, 0.3) is 5.91 Å². The molecule has 4 aliphatic rings. The van der Waals surface area contributed by atoms with Gasteiger partial charge < -0.3 is 24.5 Å². The highest BCUT2D eigenvalue weighted by Gasteiger charge is 2.73. The lowest BCUT2D eigenvalue weighted by molar-refractivity contribution is -0.139. The van der Waals surface area contributed by atoms with Crippen LogP contribution in [0.15, 0.2) is 72.8 Å². The highest BCUT2D eigenvalue weighted by Crippen LogP contribution is 2.65. The van der Waals surface area contributed by atoms with E-state index in [1.807, 2.05) is 68.5 Å². The Labute approximate surface area is 261 Å². The molecule has 43 heavy (non-hydrogen) atoms. The Morgan fingerprint density at radius 1 is 0.884 bits per heavy atom. The number of likely N-dealkylation sites (tertiary alicyclic amines) is 1. The predicted molar refractivity (Wildman–Crippen MR) is 170 cm³/mol. The minimum atomic E-state index is -0.935. The topological polar surface area (TPSA) is 90.4 Å². The summed E-state index contributed by atoms with van der Waals surface area (Å²) in [5.41, 5.74) is 1.43. The van der Waals surface area contributed by atoms with Crippen LogP contribution in [0.4, 0.5) is 11.4 Å². The molecular formula is C33H36ClN3O5S. The molecule has 4 aliphatic heterocycles. The van der Waals surface area contributed by atoms with Crippen molar-refractivity contribution >= 4 is 52.5 Å². The van der Waals surface area contributed by atoms with Gasteiger partial charge in [0, 0.05) is 47.4 Å².